The number of carbonyl (C=O) groups excluding carboxylic acids is 1. The SMILES string of the molecule is C=CC1CCC2=C(C(O)C(=O)C3(O)C2CCCC3(C)C)C1O. The molecule has 5 atom stereocenters. The molecule has 0 aromatic heterocycles. The van der Waals surface area contributed by atoms with Gasteiger partial charge in [-0.15, -0.1) is 6.58 Å². The zero-order chi connectivity index (χ0) is 16.3. The molecule has 0 bridgehead atoms. The van der Waals surface area contributed by atoms with E-state index in [4.69, 9.17) is 0 Å². The van der Waals surface area contributed by atoms with Crippen LogP contribution in [0.2, 0.25) is 0 Å². The Bertz CT molecular complexity index is 547. The quantitative estimate of drug-likeness (QED) is 0.645. The van der Waals surface area contributed by atoms with E-state index in [-0.39, 0.29) is 11.8 Å². The molecule has 0 aromatic rings. The van der Waals surface area contributed by atoms with Gasteiger partial charge in [-0.25, -0.2) is 0 Å². The molecule has 22 heavy (non-hydrogen) atoms. The van der Waals surface area contributed by atoms with E-state index in [0.29, 0.717) is 12.0 Å². The number of aliphatic hydroxyl groups excluding tert-OH is 2. The van der Waals surface area contributed by atoms with Gasteiger partial charge in [0.2, 0.25) is 0 Å². The van der Waals surface area contributed by atoms with Gasteiger partial charge in [-0.1, -0.05) is 31.9 Å². The van der Waals surface area contributed by atoms with Crippen molar-refractivity contribution in [2.45, 2.75) is 63.8 Å². The number of rotatable bonds is 1. The Morgan fingerprint density at radius 1 is 1.27 bits per heavy atom. The monoisotopic (exact) mass is 306 g/mol. The lowest BCUT2D eigenvalue weighted by atomic mass is 9.51. The minimum atomic E-state index is -1.52. The predicted molar refractivity (Wildman–Crippen MR) is 83.0 cm³/mol. The van der Waals surface area contributed by atoms with Gasteiger partial charge >= 0.3 is 0 Å². The van der Waals surface area contributed by atoms with Crippen molar-refractivity contribution < 1.29 is 20.1 Å². The second kappa shape index (κ2) is 5.02. The first-order chi connectivity index (χ1) is 10.3. The van der Waals surface area contributed by atoms with Crippen molar-refractivity contribution in [1.29, 1.82) is 0 Å². The minimum absolute atomic E-state index is 0.135. The van der Waals surface area contributed by atoms with E-state index in [1.165, 1.54) is 0 Å². The van der Waals surface area contributed by atoms with E-state index in [1.54, 1.807) is 6.08 Å². The van der Waals surface area contributed by atoms with Crippen molar-refractivity contribution >= 4 is 5.78 Å². The molecule has 0 spiro atoms. The molecular weight excluding hydrogens is 280 g/mol. The van der Waals surface area contributed by atoms with Crippen molar-refractivity contribution in [2.75, 3.05) is 0 Å². The van der Waals surface area contributed by atoms with Crippen molar-refractivity contribution in [2.24, 2.45) is 17.3 Å². The van der Waals surface area contributed by atoms with Crippen LogP contribution in [0, 0.1) is 17.3 Å². The third-order valence-corrected chi connectivity index (χ3v) is 6.31. The summed E-state index contributed by atoms with van der Waals surface area (Å²) in [6.07, 6.45) is 3.33. The summed E-state index contributed by atoms with van der Waals surface area (Å²) < 4.78 is 0. The van der Waals surface area contributed by atoms with Crippen LogP contribution >= 0.6 is 0 Å². The van der Waals surface area contributed by atoms with E-state index in [0.717, 1.165) is 31.3 Å². The number of hydrogen-bond donors (Lipinski definition) is 3. The molecule has 0 aromatic carbocycles. The molecule has 0 heterocycles. The van der Waals surface area contributed by atoms with Crippen molar-refractivity contribution in [3.63, 3.8) is 0 Å². The van der Waals surface area contributed by atoms with E-state index < -0.39 is 29.0 Å². The maximum absolute atomic E-state index is 12.8. The zero-order valence-corrected chi connectivity index (χ0v) is 13.4. The first-order valence-electron chi connectivity index (χ1n) is 8.24. The molecule has 5 unspecified atom stereocenters. The van der Waals surface area contributed by atoms with Gasteiger partial charge in [0.05, 0.1) is 6.10 Å². The average molecular weight is 306 g/mol. The van der Waals surface area contributed by atoms with Gasteiger partial charge in [0, 0.05) is 17.3 Å². The number of carbonyl (C=O) groups is 1. The first-order valence-corrected chi connectivity index (χ1v) is 8.24. The van der Waals surface area contributed by atoms with Crippen molar-refractivity contribution in [3.8, 4) is 0 Å². The standard InChI is InChI=1S/C18H26O4/c1-4-10-7-8-11-12-6-5-9-17(2,3)18(12,22)16(21)15(20)13(11)14(10)19/h4,10,12,14-15,19-20,22H,1,5-9H2,2-3H3. The van der Waals surface area contributed by atoms with Crippen LogP contribution in [0.1, 0.15) is 46.0 Å². The van der Waals surface area contributed by atoms with E-state index in [1.807, 2.05) is 13.8 Å². The number of Topliss-reactive ketones (excluding diaryl/α,β-unsaturated/α-hetero) is 1. The fourth-order valence-corrected chi connectivity index (χ4v) is 4.91. The number of aliphatic hydroxyl groups is 3. The average Bonchev–Trinajstić information content (AvgIpc) is 2.47. The second-order valence-corrected chi connectivity index (χ2v) is 7.73. The molecule has 3 rings (SSSR count). The molecule has 1 saturated carbocycles. The Kier molecular flexibility index (Phi) is 3.63. The maximum Gasteiger partial charge on any atom is 0.198 e. The Hall–Kier alpha value is -0.970. The van der Waals surface area contributed by atoms with Crippen LogP contribution in [0.25, 0.3) is 0 Å². The Balaban J connectivity index is 2.15. The molecule has 3 N–H and O–H groups in total. The molecule has 3 aliphatic carbocycles. The predicted octanol–water partition coefficient (Wildman–Crippen LogP) is 1.74. The largest absolute Gasteiger partial charge is 0.388 e. The van der Waals surface area contributed by atoms with Crippen molar-refractivity contribution in [3.05, 3.63) is 23.8 Å². The highest BCUT2D eigenvalue weighted by Gasteiger charge is 2.62. The van der Waals surface area contributed by atoms with Crippen LogP contribution in [0.5, 0.6) is 0 Å². The summed E-state index contributed by atoms with van der Waals surface area (Å²) in [5, 5.41) is 32.3. The lowest BCUT2D eigenvalue weighted by Crippen LogP contribution is -2.66. The van der Waals surface area contributed by atoms with E-state index in [9.17, 15) is 20.1 Å². The second-order valence-electron chi connectivity index (χ2n) is 7.73. The van der Waals surface area contributed by atoms with Gasteiger partial charge in [-0.05, 0) is 31.3 Å². The summed E-state index contributed by atoms with van der Waals surface area (Å²) in [4.78, 5) is 12.8. The molecule has 0 amide bonds. The fourth-order valence-electron chi connectivity index (χ4n) is 4.91. The molecule has 0 saturated heterocycles. The van der Waals surface area contributed by atoms with Crippen LogP contribution in [0.4, 0.5) is 0 Å². The Labute approximate surface area is 131 Å². The molecule has 3 aliphatic rings. The first kappa shape index (κ1) is 15.9. The molecule has 1 fully saturated rings. The van der Waals surface area contributed by atoms with Crippen LogP contribution in [-0.4, -0.2) is 38.9 Å². The summed E-state index contributed by atoms with van der Waals surface area (Å²) in [5.41, 5.74) is -0.738. The highest BCUT2D eigenvalue weighted by Crippen LogP contribution is 2.56. The fraction of sp³-hybridized carbons (Fsp3) is 0.722. The van der Waals surface area contributed by atoms with Gasteiger partial charge < -0.3 is 15.3 Å². The lowest BCUT2D eigenvalue weighted by molar-refractivity contribution is -0.179. The van der Waals surface area contributed by atoms with Crippen LogP contribution in [0.15, 0.2) is 23.8 Å². The van der Waals surface area contributed by atoms with Crippen LogP contribution < -0.4 is 0 Å². The zero-order valence-electron chi connectivity index (χ0n) is 13.4. The summed E-state index contributed by atoms with van der Waals surface area (Å²) in [5.74, 6) is -0.948. The smallest absolute Gasteiger partial charge is 0.198 e. The van der Waals surface area contributed by atoms with Crippen LogP contribution in [0.3, 0.4) is 0 Å². The molecule has 122 valence electrons. The third-order valence-electron chi connectivity index (χ3n) is 6.31. The topological polar surface area (TPSA) is 77.8 Å². The van der Waals surface area contributed by atoms with Gasteiger partial charge in [-0.3, -0.25) is 4.79 Å². The highest BCUT2D eigenvalue weighted by molar-refractivity contribution is 5.97. The maximum atomic E-state index is 12.8. The summed E-state index contributed by atoms with van der Waals surface area (Å²) >= 11 is 0. The molecule has 4 heteroatoms. The number of hydrogen-bond acceptors (Lipinski definition) is 4. The minimum Gasteiger partial charge on any atom is -0.388 e. The Morgan fingerprint density at radius 3 is 2.59 bits per heavy atom. The van der Waals surface area contributed by atoms with Crippen molar-refractivity contribution in [1.82, 2.24) is 0 Å². The highest BCUT2D eigenvalue weighted by atomic mass is 16.3. The van der Waals surface area contributed by atoms with Gasteiger partial charge in [0.25, 0.3) is 0 Å². The summed E-state index contributed by atoms with van der Waals surface area (Å²) in [6.45, 7) is 7.54. The van der Waals surface area contributed by atoms with E-state index in [2.05, 4.69) is 6.58 Å². The normalized spacial score (nSPS) is 44.3. The van der Waals surface area contributed by atoms with Gasteiger partial charge in [0.15, 0.2) is 5.78 Å². The van der Waals surface area contributed by atoms with Gasteiger partial charge in [0.1, 0.15) is 11.7 Å². The molecule has 0 radical (unpaired) electrons. The number of ketones is 1. The Morgan fingerprint density at radius 2 is 1.95 bits per heavy atom. The summed E-state index contributed by atoms with van der Waals surface area (Å²) in [7, 11) is 0. The number of fused-ring (bicyclic) bond motifs is 2. The third kappa shape index (κ3) is 1.84. The van der Waals surface area contributed by atoms with Gasteiger partial charge in [-0.2, -0.15) is 0 Å². The van der Waals surface area contributed by atoms with Crippen LogP contribution in [-0.2, 0) is 4.79 Å². The molecule has 4 nitrogen and oxygen atoms in total. The molecule has 0 aliphatic heterocycles. The lowest BCUT2D eigenvalue weighted by Gasteiger charge is -2.56. The van der Waals surface area contributed by atoms with E-state index >= 15 is 0 Å². The molecular formula is C18H26O4. The summed E-state index contributed by atoms with van der Waals surface area (Å²) in [6, 6.07) is 0.